The van der Waals surface area contributed by atoms with Crippen LogP contribution in [0.5, 0.6) is 0 Å². The first-order valence-electron chi connectivity index (χ1n) is 4.84. The predicted molar refractivity (Wildman–Crippen MR) is 75.0 cm³/mol. The van der Waals surface area contributed by atoms with Crippen LogP contribution in [0.2, 0.25) is 10.0 Å². The van der Waals surface area contributed by atoms with Crippen LogP contribution in [0.3, 0.4) is 0 Å². The Morgan fingerprint density at radius 2 is 2.18 bits per heavy atom. The Labute approximate surface area is 114 Å². The minimum atomic E-state index is 0.445. The second-order valence-electron chi connectivity index (χ2n) is 3.49. The second kappa shape index (κ2) is 5.04. The van der Waals surface area contributed by atoms with Crippen molar-refractivity contribution in [3.05, 3.63) is 46.2 Å². The molecule has 17 heavy (non-hydrogen) atoms. The Kier molecular flexibility index (Phi) is 3.66. The second-order valence-corrected chi connectivity index (χ2v) is 4.67. The van der Waals surface area contributed by atoms with Gasteiger partial charge in [0.1, 0.15) is 0 Å². The van der Waals surface area contributed by atoms with Crippen molar-refractivity contribution in [1.82, 2.24) is 9.78 Å². The lowest BCUT2D eigenvalue weighted by Gasteiger charge is -2.09. The van der Waals surface area contributed by atoms with Gasteiger partial charge in [0.2, 0.25) is 0 Å². The monoisotopic (exact) mass is 285 g/mol. The quantitative estimate of drug-likeness (QED) is 0.810. The number of thiocarbonyl (C=S) groups is 1. The molecule has 88 valence electrons. The minimum absolute atomic E-state index is 0.445. The fraction of sp³-hybridized carbons (Fsp3) is 0.0909. The lowest BCUT2D eigenvalue weighted by Crippen LogP contribution is -2.19. The zero-order valence-corrected chi connectivity index (χ0v) is 11.3. The fourth-order valence-electron chi connectivity index (χ4n) is 1.30. The van der Waals surface area contributed by atoms with Crippen LogP contribution < -0.4 is 5.32 Å². The molecule has 0 unspecified atom stereocenters. The molecular weight excluding hydrogens is 277 g/mol. The molecule has 1 heterocycles. The van der Waals surface area contributed by atoms with Gasteiger partial charge >= 0.3 is 0 Å². The highest BCUT2D eigenvalue weighted by Crippen LogP contribution is 2.29. The number of aromatic nitrogens is 2. The Morgan fingerprint density at radius 3 is 2.82 bits per heavy atom. The van der Waals surface area contributed by atoms with E-state index < -0.39 is 0 Å². The topological polar surface area (TPSA) is 29.9 Å². The van der Waals surface area contributed by atoms with Gasteiger partial charge in [-0.15, -0.1) is 0 Å². The maximum Gasteiger partial charge on any atom is 0.198 e. The van der Waals surface area contributed by atoms with Crippen LogP contribution in [0, 0.1) is 6.92 Å². The van der Waals surface area contributed by atoms with Gasteiger partial charge in [0.25, 0.3) is 0 Å². The Bertz CT molecular complexity index is 566. The fourth-order valence-corrected chi connectivity index (χ4v) is 1.85. The largest absolute Gasteiger partial charge is 0.330 e. The highest BCUT2D eigenvalue weighted by molar-refractivity contribution is 7.80. The number of hydrogen-bond donors (Lipinski definition) is 1. The Balaban J connectivity index is 2.21. The zero-order valence-electron chi connectivity index (χ0n) is 8.95. The maximum absolute atomic E-state index is 6.05. The first-order chi connectivity index (χ1) is 8.08. The summed E-state index contributed by atoms with van der Waals surface area (Å²) >= 11 is 17.2. The minimum Gasteiger partial charge on any atom is -0.330 e. The molecule has 6 heteroatoms. The van der Waals surface area contributed by atoms with E-state index in [-0.39, 0.29) is 0 Å². The molecular formula is C11H9Cl2N3S. The third-order valence-electron chi connectivity index (χ3n) is 2.11. The van der Waals surface area contributed by atoms with Crippen molar-refractivity contribution in [3.63, 3.8) is 0 Å². The molecule has 1 aromatic carbocycles. The molecule has 2 aromatic rings. The summed E-state index contributed by atoms with van der Waals surface area (Å²) in [7, 11) is 0. The van der Waals surface area contributed by atoms with Gasteiger partial charge in [0.15, 0.2) is 5.11 Å². The Morgan fingerprint density at radius 1 is 1.41 bits per heavy atom. The van der Waals surface area contributed by atoms with Crippen LogP contribution in [0.25, 0.3) is 0 Å². The summed E-state index contributed by atoms with van der Waals surface area (Å²) in [6.07, 6.45) is 3.56. The summed E-state index contributed by atoms with van der Waals surface area (Å²) < 4.78 is 1.57. The van der Waals surface area contributed by atoms with E-state index in [0.29, 0.717) is 20.8 Å². The molecule has 1 N–H and O–H groups in total. The first kappa shape index (κ1) is 12.4. The number of benzene rings is 1. The molecule has 0 atom stereocenters. The van der Waals surface area contributed by atoms with Gasteiger partial charge in [-0.2, -0.15) is 5.10 Å². The van der Waals surface area contributed by atoms with E-state index in [9.17, 15) is 0 Å². The summed E-state index contributed by atoms with van der Waals surface area (Å²) in [5.74, 6) is 0. The van der Waals surface area contributed by atoms with Crippen molar-refractivity contribution in [2.45, 2.75) is 6.92 Å². The van der Waals surface area contributed by atoms with E-state index >= 15 is 0 Å². The van der Waals surface area contributed by atoms with Crippen LogP contribution in [-0.2, 0) is 0 Å². The third-order valence-corrected chi connectivity index (χ3v) is 3.22. The van der Waals surface area contributed by atoms with E-state index in [1.54, 1.807) is 29.1 Å². The summed E-state index contributed by atoms with van der Waals surface area (Å²) in [5.41, 5.74) is 1.70. The predicted octanol–water partition coefficient (Wildman–Crippen LogP) is 3.74. The van der Waals surface area contributed by atoms with Crippen LogP contribution in [0.15, 0.2) is 30.6 Å². The summed E-state index contributed by atoms with van der Waals surface area (Å²) in [5, 5.41) is 8.47. The Hall–Kier alpha value is -1.10. The molecule has 2 rings (SSSR count). The maximum atomic E-state index is 6.05. The van der Waals surface area contributed by atoms with E-state index in [1.807, 2.05) is 13.1 Å². The van der Waals surface area contributed by atoms with Crippen LogP contribution in [0.1, 0.15) is 5.56 Å². The van der Waals surface area contributed by atoms with Gasteiger partial charge in [-0.25, -0.2) is 4.68 Å². The summed E-state index contributed by atoms with van der Waals surface area (Å²) in [4.78, 5) is 0. The average Bonchev–Trinajstić information content (AvgIpc) is 2.72. The molecule has 0 spiro atoms. The van der Waals surface area contributed by atoms with E-state index in [4.69, 9.17) is 35.4 Å². The van der Waals surface area contributed by atoms with Crippen molar-refractivity contribution >= 4 is 46.2 Å². The normalized spacial score (nSPS) is 10.3. The number of aryl methyl sites for hydroxylation is 1. The number of anilines is 1. The highest BCUT2D eigenvalue weighted by atomic mass is 35.5. The van der Waals surface area contributed by atoms with Crippen molar-refractivity contribution < 1.29 is 0 Å². The molecule has 0 amide bonds. The van der Waals surface area contributed by atoms with Gasteiger partial charge in [-0.1, -0.05) is 29.3 Å². The molecule has 1 aromatic heterocycles. The van der Waals surface area contributed by atoms with Gasteiger partial charge in [-0.05, 0) is 36.8 Å². The van der Waals surface area contributed by atoms with Crippen LogP contribution in [-0.4, -0.2) is 14.9 Å². The number of rotatable bonds is 1. The highest BCUT2D eigenvalue weighted by Gasteiger charge is 2.07. The lowest BCUT2D eigenvalue weighted by molar-refractivity contribution is 0.947. The third kappa shape index (κ3) is 2.77. The molecule has 0 fully saturated rings. The van der Waals surface area contributed by atoms with E-state index in [0.717, 1.165) is 5.56 Å². The molecule has 0 radical (unpaired) electrons. The first-order valence-corrected chi connectivity index (χ1v) is 6.01. The average molecular weight is 286 g/mol. The molecule has 0 aliphatic rings. The molecule has 3 nitrogen and oxygen atoms in total. The summed E-state index contributed by atoms with van der Waals surface area (Å²) in [6, 6.07) is 5.32. The SMILES string of the molecule is Cc1cnn(C(=S)Nc2cccc(Cl)c2Cl)c1. The van der Waals surface area contributed by atoms with Crippen LogP contribution >= 0.6 is 35.4 Å². The molecule has 0 saturated heterocycles. The summed E-state index contributed by atoms with van der Waals surface area (Å²) in [6.45, 7) is 1.94. The molecule has 0 saturated carbocycles. The van der Waals surface area contributed by atoms with Gasteiger partial charge in [0.05, 0.1) is 21.9 Å². The van der Waals surface area contributed by atoms with Crippen molar-refractivity contribution in [2.75, 3.05) is 5.32 Å². The van der Waals surface area contributed by atoms with Gasteiger partial charge in [0, 0.05) is 6.20 Å². The molecule has 0 aliphatic carbocycles. The standard InChI is InChI=1S/C11H9Cl2N3S/c1-7-5-14-16(6-7)11(17)15-9-4-2-3-8(12)10(9)13/h2-6H,1H3,(H,15,17). The number of hydrogen-bond acceptors (Lipinski definition) is 2. The van der Waals surface area contributed by atoms with Gasteiger partial charge in [-0.3, -0.25) is 0 Å². The van der Waals surface area contributed by atoms with E-state index in [1.165, 1.54) is 0 Å². The molecule has 0 bridgehead atoms. The zero-order chi connectivity index (χ0) is 12.4. The number of halogens is 2. The number of nitrogens with one attached hydrogen (secondary N) is 1. The van der Waals surface area contributed by atoms with Gasteiger partial charge < -0.3 is 5.32 Å². The smallest absolute Gasteiger partial charge is 0.198 e. The van der Waals surface area contributed by atoms with E-state index in [2.05, 4.69) is 10.4 Å². The van der Waals surface area contributed by atoms with Crippen molar-refractivity contribution in [3.8, 4) is 0 Å². The lowest BCUT2D eigenvalue weighted by atomic mass is 10.3. The van der Waals surface area contributed by atoms with Crippen molar-refractivity contribution in [2.24, 2.45) is 0 Å². The van der Waals surface area contributed by atoms with Crippen molar-refractivity contribution in [1.29, 1.82) is 0 Å². The number of nitrogens with zero attached hydrogens (tertiary/aromatic N) is 2. The van der Waals surface area contributed by atoms with Crippen LogP contribution in [0.4, 0.5) is 5.69 Å². The molecule has 0 aliphatic heterocycles.